The molecule has 0 saturated heterocycles. The molecule has 0 heterocycles. The number of hydrogen-bond acceptors (Lipinski definition) is 3. The van der Waals surface area contributed by atoms with Crippen molar-refractivity contribution < 1.29 is 27.5 Å². The number of ether oxygens (including phenoxy) is 1. The van der Waals surface area contributed by atoms with Gasteiger partial charge in [-0.25, -0.2) is 0 Å². The van der Waals surface area contributed by atoms with Gasteiger partial charge in [0.1, 0.15) is 11.8 Å². The van der Waals surface area contributed by atoms with Crippen molar-refractivity contribution in [2.24, 2.45) is 0 Å². The minimum Gasteiger partial charge on any atom is -0.491 e. The topological polar surface area (TPSA) is 67.4 Å². The Hall–Kier alpha value is -2.25. The average Bonchev–Trinajstić information content (AvgIpc) is 2.43. The Morgan fingerprint density at radius 1 is 1.21 bits per heavy atom. The Balaban J connectivity index is 2.90. The first-order valence-electron chi connectivity index (χ1n) is 7.42. The first kappa shape index (κ1) is 19.8. The van der Waals surface area contributed by atoms with Gasteiger partial charge in [0.15, 0.2) is 0 Å². The van der Waals surface area contributed by atoms with E-state index in [1.54, 1.807) is 13.8 Å². The third-order valence-electron chi connectivity index (χ3n) is 3.02. The molecule has 0 radical (unpaired) electrons. The fraction of sp³-hybridized carbons (Fsp3) is 0.500. The Kier molecular flexibility index (Phi) is 6.62. The summed E-state index contributed by atoms with van der Waals surface area (Å²) in [7, 11) is 0. The average molecular weight is 346 g/mol. The van der Waals surface area contributed by atoms with Crippen LogP contribution in [0.1, 0.15) is 38.8 Å². The fourth-order valence-electron chi connectivity index (χ4n) is 2.02. The van der Waals surface area contributed by atoms with Gasteiger partial charge in [0.05, 0.1) is 11.7 Å². The van der Waals surface area contributed by atoms with Crippen molar-refractivity contribution in [1.29, 1.82) is 0 Å². The molecule has 0 fully saturated rings. The van der Waals surface area contributed by atoms with Crippen molar-refractivity contribution in [2.45, 2.75) is 52.6 Å². The zero-order valence-electron chi connectivity index (χ0n) is 14.0. The van der Waals surface area contributed by atoms with Crippen molar-refractivity contribution in [1.82, 2.24) is 10.6 Å². The molecule has 1 aromatic carbocycles. The predicted molar refractivity (Wildman–Crippen MR) is 82.3 cm³/mol. The molecule has 0 bridgehead atoms. The molecule has 0 aliphatic rings. The number of carbonyl (C=O) groups excluding carboxylic acids is 2. The van der Waals surface area contributed by atoms with Crippen LogP contribution in [0, 0.1) is 0 Å². The van der Waals surface area contributed by atoms with Crippen molar-refractivity contribution in [3.05, 3.63) is 29.3 Å². The van der Waals surface area contributed by atoms with Crippen LogP contribution in [0.2, 0.25) is 0 Å². The third-order valence-corrected chi connectivity index (χ3v) is 3.02. The van der Waals surface area contributed by atoms with E-state index in [2.05, 4.69) is 10.6 Å². The summed E-state index contributed by atoms with van der Waals surface area (Å²) >= 11 is 0. The molecule has 134 valence electrons. The van der Waals surface area contributed by atoms with Gasteiger partial charge in [-0.2, -0.15) is 13.2 Å². The summed E-state index contributed by atoms with van der Waals surface area (Å²) in [6.45, 7) is 5.81. The van der Waals surface area contributed by atoms with E-state index in [4.69, 9.17) is 4.74 Å². The van der Waals surface area contributed by atoms with E-state index in [1.807, 2.05) is 0 Å². The van der Waals surface area contributed by atoms with Gasteiger partial charge >= 0.3 is 6.18 Å². The van der Waals surface area contributed by atoms with E-state index in [0.717, 1.165) is 6.07 Å². The second kappa shape index (κ2) is 8.03. The predicted octanol–water partition coefficient (Wildman–Crippen LogP) is 2.63. The third kappa shape index (κ3) is 6.10. The van der Waals surface area contributed by atoms with Gasteiger partial charge in [-0.05, 0) is 38.5 Å². The molecule has 0 aliphatic carbocycles. The second-order valence-corrected chi connectivity index (χ2v) is 5.62. The summed E-state index contributed by atoms with van der Waals surface area (Å²) in [6, 6.07) is 2.77. The van der Waals surface area contributed by atoms with Gasteiger partial charge in [-0.3, -0.25) is 9.59 Å². The number of carbonyl (C=O) groups is 2. The van der Waals surface area contributed by atoms with Gasteiger partial charge in [0.25, 0.3) is 0 Å². The lowest BCUT2D eigenvalue weighted by Crippen LogP contribution is -2.43. The van der Waals surface area contributed by atoms with E-state index in [-0.39, 0.29) is 24.0 Å². The summed E-state index contributed by atoms with van der Waals surface area (Å²) in [5.74, 6) is -0.858. The smallest absolute Gasteiger partial charge is 0.416 e. The minimum absolute atomic E-state index is 0.0815. The normalized spacial score (nSPS) is 12.7. The van der Waals surface area contributed by atoms with Crippen LogP contribution in [0.15, 0.2) is 18.2 Å². The standard InChI is InChI=1S/C16H21F3N2O3/c1-9(2)24-13-6-5-12(14(7-13)16(17,18)19)8-20-15(23)10(3)21-11(4)22/h5-7,9-10H,8H2,1-4H3,(H,20,23)(H,21,22)/t10-/m0/s1. The molecule has 2 N–H and O–H groups in total. The molecule has 1 rings (SSSR count). The molecule has 8 heteroatoms. The van der Waals surface area contributed by atoms with Crippen LogP contribution >= 0.6 is 0 Å². The van der Waals surface area contributed by atoms with Gasteiger partial charge in [0.2, 0.25) is 11.8 Å². The molecule has 0 unspecified atom stereocenters. The molecule has 0 aromatic heterocycles. The van der Waals surface area contributed by atoms with Crippen LogP contribution in [-0.2, 0) is 22.3 Å². The van der Waals surface area contributed by atoms with Crippen molar-refractivity contribution >= 4 is 11.8 Å². The molecule has 24 heavy (non-hydrogen) atoms. The van der Waals surface area contributed by atoms with Crippen LogP contribution < -0.4 is 15.4 Å². The Morgan fingerprint density at radius 3 is 2.33 bits per heavy atom. The number of amides is 2. The highest BCUT2D eigenvalue weighted by Gasteiger charge is 2.34. The van der Waals surface area contributed by atoms with Crippen molar-refractivity contribution in [3.63, 3.8) is 0 Å². The lowest BCUT2D eigenvalue weighted by Gasteiger charge is -2.18. The molecule has 5 nitrogen and oxygen atoms in total. The summed E-state index contributed by atoms with van der Waals surface area (Å²) in [5, 5.41) is 4.74. The number of rotatable bonds is 6. The lowest BCUT2D eigenvalue weighted by molar-refractivity contribution is -0.138. The summed E-state index contributed by atoms with van der Waals surface area (Å²) in [4.78, 5) is 22.7. The molecule has 1 atom stereocenters. The molecule has 2 amide bonds. The van der Waals surface area contributed by atoms with E-state index in [0.29, 0.717) is 0 Å². The Bertz CT molecular complexity index is 601. The molecule has 0 spiro atoms. The SMILES string of the molecule is CC(=O)N[C@@H](C)C(=O)NCc1ccc(OC(C)C)cc1C(F)(F)F. The highest BCUT2D eigenvalue weighted by molar-refractivity contribution is 5.86. The summed E-state index contributed by atoms with van der Waals surface area (Å²) < 4.78 is 44.9. The zero-order chi connectivity index (χ0) is 18.5. The number of benzene rings is 1. The first-order valence-corrected chi connectivity index (χ1v) is 7.42. The fourth-order valence-corrected chi connectivity index (χ4v) is 2.02. The van der Waals surface area contributed by atoms with Crippen LogP contribution in [0.3, 0.4) is 0 Å². The number of hydrogen-bond donors (Lipinski definition) is 2. The highest BCUT2D eigenvalue weighted by Crippen LogP contribution is 2.34. The Morgan fingerprint density at radius 2 is 1.83 bits per heavy atom. The molecule has 0 aliphatic heterocycles. The van der Waals surface area contributed by atoms with E-state index in [1.165, 1.54) is 26.0 Å². The van der Waals surface area contributed by atoms with E-state index >= 15 is 0 Å². The maximum Gasteiger partial charge on any atom is 0.416 e. The number of halogens is 3. The van der Waals surface area contributed by atoms with Crippen LogP contribution in [-0.4, -0.2) is 24.0 Å². The summed E-state index contributed by atoms with van der Waals surface area (Å²) in [5.41, 5.74) is -0.949. The first-order chi connectivity index (χ1) is 11.0. The maximum atomic E-state index is 13.2. The van der Waals surface area contributed by atoms with Crippen molar-refractivity contribution in [3.8, 4) is 5.75 Å². The maximum absolute atomic E-state index is 13.2. The minimum atomic E-state index is -4.57. The monoisotopic (exact) mass is 346 g/mol. The Labute approximate surface area is 138 Å². The molecule has 0 saturated carbocycles. The summed E-state index contributed by atoms with van der Waals surface area (Å²) in [6.07, 6.45) is -4.82. The molecule has 1 aromatic rings. The molecular weight excluding hydrogens is 325 g/mol. The van der Waals surface area contributed by atoms with Crippen LogP contribution in [0.25, 0.3) is 0 Å². The quantitative estimate of drug-likeness (QED) is 0.832. The largest absolute Gasteiger partial charge is 0.491 e. The van der Waals surface area contributed by atoms with Crippen LogP contribution in [0.5, 0.6) is 5.75 Å². The second-order valence-electron chi connectivity index (χ2n) is 5.62. The number of alkyl halides is 3. The number of nitrogens with one attached hydrogen (secondary N) is 2. The van der Waals surface area contributed by atoms with Crippen LogP contribution in [0.4, 0.5) is 13.2 Å². The van der Waals surface area contributed by atoms with Crippen molar-refractivity contribution in [2.75, 3.05) is 0 Å². The van der Waals surface area contributed by atoms with Gasteiger partial charge in [-0.1, -0.05) is 6.07 Å². The van der Waals surface area contributed by atoms with Gasteiger partial charge in [0, 0.05) is 13.5 Å². The van der Waals surface area contributed by atoms with Gasteiger partial charge < -0.3 is 15.4 Å². The lowest BCUT2D eigenvalue weighted by atomic mass is 10.1. The molecular formula is C16H21F3N2O3. The highest BCUT2D eigenvalue weighted by atomic mass is 19.4. The van der Waals surface area contributed by atoms with Gasteiger partial charge in [-0.15, -0.1) is 0 Å². The van der Waals surface area contributed by atoms with E-state index in [9.17, 15) is 22.8 Å². The van der Waals surface area contributed by atoms with E-state index < -0.39 is 29.6 Å². The zero-order valence-corrected chi connectivity index (χ0v) is 14.0.